The van der Waals surface area contributed by atoms with Gasteiger partial charge in [-0.05, 0) is 20.8 Å². The van der Waals surface area contributed by atoms with Crippen LogP contribution in [-0.4, -0.2) is 79.4 Å². The Morgan fingerprint density at radius 3 is 2.23 bits per heavy atom. The highest BCUT2D eigenvalue weighted by molar-refractivity contribution is 5.89. The Labute approximate surface area is 170 Å². The lowest BCUT2D eigenvalue weighted by Gasteiger charge is -2.59. The molecule has 2 fully saturated rings. The maximum absolute atomic E-state index is 13.0. The molecule has 1 aliphatic carbocycles. The third-order valence-electron chi connectivity index (χ3n) is 5.73. The zero-order chi connectivity index (χ0) is 18.0. The van der Waals surface area contributed by atoms with Crippen LogP contribution in [0.3, 0.4) is 0 Å². The first-order valence-electron chi connectivity index (χ1n) is 9.26. The molecule has 2 atom stereocenters. The molecule has 1 heterocycles. The lowest BCUT2D eigenvalue weighted by Crippen LogP contribution is -2.76. The number of rotatable bonds is 7. The molecule has 0 aromatic rings. The number of nitrogens with zero attached hydrogens (tertiary/aromatic N) is 2. The van der Waals surface area contributed by atoms with Crippen LogP contribution in [0.15, 0.2) is 0 Å². The van der Waals surface area contributed by atoms with Crippen LogP contribution in [0.2, 0.25) is 0 Å². The summed E-state index contributed by atoms with van der Waals surface area (Å²) in [6.07, 6.45) is 0.963. The zero-order valence-electron chi connectivity index (χ0n) is 16.8. The molecule has 1 aliphatic heterocycles. The molecule has 0 bridgehead atoms. The summed E-state index contributed by atoms with van der Waals surface area (Å²) in [6, 6.07) is 0. The van der Waals surface area contributed by atoms with Crippen molar-refractivity contribution < 1.29 is 14.3 Å². The topological polar surface area (TPSA) is 68.0 Å². The number of amides is 1. The third-order valence-corrected chi connectivity index (χ3v) is 5.73. The van der Waals surface area contributed by atoms with Gasteiger partial charge < -0.3 is 20.1 Å². The van der Waals surface area contributed by atoms with E-state index >= 15 is 0 Å². The Bertz CT molecular complexity index is 443. The molecule has 1 saturated carbocycles. The van der Waals surface area contributed by atoms with Gasteiger partial charge in [-0.25, -0.2) is 0 Å². The number of piperazine rings is 1. The second-order valence-electron chi connectivity index (χ2n) is 7.89. The summed E-state index contributed by atoms with van der Waals surface area (Å²) < 4.78 is 11.3. The first-order chi connectivity index (χ1) is 11.2. The van der Waals surface area contributed by atoms with Gasteiger partial charge in [-0.15, -0.1) is 24.8 Å². The van der Waals surface area contributed by atoms with Crippen molar-refractivity contribution in [2.45, 2.75) is 58.8 Å². The molecule has 26 heavy (non-hydrogen) atoms. The van der Waals surface area contributed by atoms with Gasteiger partial charge in [-0.1, -0.05) is 13.8 Å². The minimum Gasteiger partial charge on any atom is -0.378 e. The Hall–Kier alpha value is -0.110. The summed E-state index contributed by atoms with van der Waals surface area (Å²) in [5, 5.41) is 0. The second-order valence-corrected chi connectivity index (χ2v) is 7.89. The van der Waals surface area contributed by atoms with Crippen LogP contribution in [0.5, 0.6) is 0 Å². The molecule has 8 heteroatoms. The first-order valence-corrected chi connectivity index (χ1v) is 9.26. The van der Waals surface area contributed by atoms with E-state index in [1.54, 1.807) is 0 Å². The van der Waals surface area contributed by atoms with E-state index in [-0.39, 0.29) is 48.3 Å². The minimum absolute atomic E-state index is 0. The van der Waals surface area contributed by atoms with Gasteiger partial charge in [-0.3, -0.25) is 9.69 Å². The Morgan fingerprint density at radius 2 is 1.77 bits per heavy atom. The SMILES string of the molecule is CCOC1CC(N)(C(=O)N2CCN(CCOC(C)C)CC2)C1(C)C.Cl.Cl. The van der Waals surface area contributed by atoms with Crippen molar-refractivity contribution in [3.05, 3.63) is 0 Å². The van der Waals surface area contributed by atoms with Gasteiger partial charge in [0.1, 0.15) is 5.54 Å². The number of ether oxygens (including phenoxy) is 2. The third kappa shape index (κ3) is 5.24. The Balaban J connectivity index is 0.00000312. The molecule has 0 spiro atoms. The highest BCUT2D eigenvalue weighted by Crippen LogP contribution is 2.50. The lowest BCUT2D eigenvalue weighted by molar-refractivity contribution is -0.180. The number of carbonyl (C=O) groups is 1. The van der Waals surface area contributed by atoms with Crippen LogP contribution in [0.4, 0.5) is 0 Å². The fraction of sp³-hybridized carbons (Fsp3) is 0.944. The summed E-state index contributed by atoms with van der Waals surface area (Å²) in [5.41, 5.74) is 5.41. The second kappa shape index (κ2) is 10.4. The molecule has 2 aliphatic rings. The van der Waals surface area contributed by atoms with Gasteiger partial charge in [0.15, 0.2) is 0 Å². The van der Waals surface area contributed by atoms with Gasteiger partial charge >= 0.3 is 0 Å². The van der Waals surface area contributed by atoms with Crippen LogP contribution in [0.1, 0.15) is 41.0 Å². The molecule has 2 rings (SSSR count). The largest absolute Gasteiger partial charge is 0.378 e. The van der Waals surface area contributed by atoms with Crippen LogP contribution in [-0.2, 0) is 14.3 Å². The standard InChI is InChI=1S/C18H35N3O3.2ClH/c1-6-23-15-13-18(19,17(15,4)5)16(22)21-9-7-20(8-10-21)11-12-24-14(2)3;;/h14-15H,6-13,19H2,1-5H3;2*1H. The summed E-state index contributed by atoms with van der Waals surface area (Å²) in [4.78, 5) is 17.3. The molecular weight excluding hydrogens is 377 g/mol. The summed E-state index contributed by atoms with van der Waals surface area (Å²) in [6.45, 7) is 15.8. The number of carbonyl (C=O) groups excluding carboxylic acids is 1. The highest BCUT2D eigenvalue weighted by Gasteiger charge is 2.63. The van der Waals surface area contributed by atoms with E-state index in [9.17, 15) is 4.79 Å². The van der Waals surface area contributed by atoms with Gasteiger partial charge in [0.2, 0.25) is 5.91 Å². The molecular formula is C18H37Cl2N3O3. The average molecular weight is 414 g/mol. The monoisotopic (exact) mass is 413 g/mol. The molecule has 2 N–H and O–H groups in total. The predicted octanol–water partition coefficient (Wildman–Crippen LogP) is 1.93. The van der Waals surface area contributed by atoms with E-state index in [0.717, 1.165) is 39.3 Å². The number of hydrogen-bond acceptors (Lipinski definition) is 5. The van der Waals surface area contributed by atoms with Gasteiger partial charge in [0, 0.05) is 51.2 Å². The van der Waals surface area contributed by atoms with Crippen LogP contribution < -0.4 is 5.73 Å². The predicted molar refractivity (Wildman–Crippen MR) is 109 cm³/mol. The first kappa shape index (κ1) is 25.9. The molecule has 0 aromatic carbocycles. The van der Waals surface area contributed by atoms with E-state index in [1.165, 1.54) is 0 Å². The molecule has 2 unspecified atom stereocenters. The van der Waals surface area contributed by atoms with Crippen molar-refractivity contribution >= 4 is 30.7 Å². The van der Waals surface area contributed by atoms with Crippen molar-refractivity contribution in [1.82, 2.24) is 9.80 Å². The van der Waals surface area contributed by atoms with Crippen LogP contribution in [0, 0.1) is 5.41 Å². The van der Waals surface area contributed by atoms with E-state index in [0.29, 0.717) is 13.0 Å². The number of hydrogen-bond donors (Lipinski definition) is 1. The molecule has 1 saturated heterocycles. The smallest absolute Gasteiger partial charge is 0.243 e. The van der Waals surface area contributed by atoms with Gasteiger partial charge in [0.25, 0.3) is 0 Å². The average Bonchev–Trinajstić information content (AvgIpc) is 2.54. The van der Waals surface area contributed by atoms with Crippen molar-refractivity contribution in [3.63, 3.8) is 0 Å². The van der Waals surface area contributed by atoms with E-state index in [4.69, 9.17) is 15.2 Å². The van der Waals surface area contributed by atoms with Crippen molar-refractivity contribution in [2.75, 3.05) is 45.9 Å². The van der Waals surface area contributed by atoms with Gasteiger partial charge in [0.05, 0.1) is 18.8 Å². The Kier molecular flexibility index (Phi) is 10.4. The molecule has 156 valence electrons. The maximum Gasteiger partial charge on any atom is 0.243 e. The minimum atomic E-state index is -0.796. The lowest BCUT2D eigenvalue weighted by atomic mass is 9.54. The normalized spacial score (nSPS) is 28.1. The quantitative estimate of drug-likeness (QED) is 0.690. The maximum atomic E-state index is 13.0. The van der Waals surface area contributed by atoms with Crippen molar-refractivity contribution in [3.8, 4) is 0 Å². The molecule has 0 aromatic heterocycles. The Morgan fingerprint density at radius 1 is 1.19 bits per heavy atom. The fourth-order valence-corrected chi connectivity index (χ4v) is 3.67. The van der Waals surface area contributed by atoms with E-state index in [2.05, 4.69) is 4.90 Å². The molecule has 6 nitrogen and oxygen atoms in total. The summed E-state index contributed by atoms with van der Waals surface area (Å²) in [5.74, 6) is 0.0848. The fourth-order valence-electron chi connectivity index (χ4n) is 3.67. The van der Waals surface area contributed by atoms with Gasteiger partial charge in [-0.2, -0.15) is 0 Å². The van der Waals surface area contributed by atoms with Crippen molar-refractivity contribution in [1.29, 1.82) is 0 Å². The van der Waals surface area contributed by atoms with E-state index < -0.39 is 5.54 Å². The number of halogens is 2. The zero-order valence-corrected chi connectivity index (χ0v) is 18.5. The highest BCUT2D eigenvalue weighted by atomic mass is 35.5. The summed E-state index contributed by atoms with van der Waals surface area (Å²) in [7, 11) is 0. The van der Waals surface area contributed by atoms with Crippen LogP contribution in [0.25, 0.3) is 0 Å². The van der Waals surface area contributed by atoms with Crippen molar-refractivity contribution in [2.24, 2.45) is 11.1 Å². The molecule has 0 radical (unpaired) electrons. The number of nitrogens with two attached hydrogens (primary N) is 1. The van der Waals surface area contributed by atoms with Crippen LogP contribution >= 0.6 is 24.8 Å². The summed E-state index contributed by atoms with van der Waals surface area (Å²) >= 11 is 0. The van der Waals surface area contributed by atoms with E-state index in [1.807, 2.05) is 39.5 Å². The molecule has 1 amide bonds.